The number of nitrogens with zero attached hydrogens (tertiary/aromatic N) is 2. The van der Waals surface area contributed by atoms with E-state index in [1.54, 1.807) is 44.4 Å². The molecule has 0 spiro atoms. The fourth-order valence-electron chi connectivity index (χ4n) is 2.00. The van der Waals surface area contributed by atoms with Gasteiger partial charge in [0.15, 0.2) is 5.78 Å². The first-order valence-corrected chi connectivity index (χ1v) is 6.79. The minimum absolute atomic E-state index is 0.0743. The number of pyridine rings is 1. The molecule has 0 aliphatic carbocycles. The van der Waals surface area contributed by atoms with Gasteiger partial charge in [-0.1, -0.05) is 29.8 Å². The average Bonchev–Trinajstić information content (AvgIpc) is 2.53. The number of rotatable bonds is 4. The predicted octanol–water partition coefficient (Wildman–Crippen LogP) is 2.73. The van der Waals surface area contributed by atoms with Crippen LogP contribution >= 0.6 is 0 Å². The number of amides is 1. The fraction of sp³-hybridized carbons (Fsp3) is 0.235. The molecule has 0 aliphatic heterocycles. The molecule has 0 N–H and O–H groups in total. The Morgan fingerprint density at radius 1 is 1.10 bits per heavy atom. The van der Waals surface area contributed by atoms with Gasteiger partial charge < -0.3 is 4.90 Å². The summed E-state index contributed by atoms with van der Waals surface area (Å²) in [6, 6.07) is 10.2. The lowest BCUT2D eigenvalue weighted by atomic mass is 10.0. The summed E-state index contributed by atoms with van der Waals surface area (Å²) >= 11 is 0. The summed E-state index contributed by atoms with van der Waals surface area (Å²) in [6.07, 6.45) is 3.11. The smallest absolute Gasteiger partial charge is 0.255 e. The molecule has 0 fully saturated rings. The molecular formula is C17H18N2O2. The summed E-state index contributed by atoms with van der Waals surface area (Å²) in [5, 5.41) is 0. The minimum atomic E-state index is -0.527. The summed E-state index contributed by atoms with van der Waals surface area (Å²) in [7, 11) is 1.63. The van der Waals surface area contributed by atoms with Crippen molar-refractivity contribution >= 4 is 11.7 Å². The first-order chi connectivity index (χ1) is 10.0. The van der Waals surface area contributed by atoms with E-state index >= 15 is 0 Å². The molecule has 1 atom stereocenters. The lowest BCUT2D eigenvalue weighted by Gasteiger charge is -2.24. The molecule has 0 aliphatic rings. The number of carbonyl (C=O) groups excluding carboxylic acids is 2. The minimum Gasteiger partial charge on any atom is -0.332 e. The number of Topliss-reactive ketones (excluding diaryl/α,β-unsaturated/α-hetero) is 1. The molecule has 1 aromatic heterocycles. The van der Waals surface area contributed by atoms with Gasteiger partial charge in [0, 0.05) is 25.0 Å². The SMILES string of the molecule is Cc1ccc(C(=O)C(C)N(C)C(=O)c2cccnc2)cc1. The van der Waals surface area contributed by atoms with Gasteiger partial charge in [-0.15, -0.1) is 0 Å². The molecule has 4 nitrogen and oxygen atoms in total. The summed E-state index contributed by atoms with van der Waals surface area (Å²) in [6.45, 7) is 3.70. The van der Waals surface area contributed by atoms with Crippen LogP contribution in [0.25, 0.3) is 0 Å². The van der Waals surface area contributed by atoms with Crippen molar-refractivity contribution in [1.29, 1.82) is 0 Å². The van der Waals surface area contributed by atoms with Crippen LogP contribution in [-0.4, -0.2) is 34.7 Å². The van der Waals surface area contributed by atoms with Gasteiger partial charge in [0.25, 0.3) is 5.91 Å². The van der Waals surface area contributed by atoms with E-state index in [4.69, 9.17) is 0 Å². The average molecular weight is 282 g/mol. The Balaban J connectivity index is 2.15. The lowest BCUT2D eigenvalue weighted by molar-refractivity contribution is 0.0674. The van der Waals surface area contributed by atoms with E-state index in [0.29, 0.717) is 11.1 Å². The molecule has 4 heteroatoms. The number of likely N-dealkylation sites (N-methyl/N-ethyl adjacent to an activating group) is 1. The van der Waals surface area contributed by atoms with Gasteiger partial charge in [-0.3, -0.25) is 14.6 Å². The van der Waals surface area contributed by atoms with Gasteiger partial charge in [0.1, 0.15) is 0 Å². The van der Waals surface area contributed by atoms with Crippen molar-refractivity contribution in [2.75, 3.05) is 7.05 Å². The highest BCUT2D eigenvalue weighted by Crippen LogP contribution is 2.12. The van der Waals surface area contributed by atoms with Gasteiger partial charge in [-0.2, -0.15) is 0 Å². The molecule has 1 unspecified atom stereocenters. The largest absolute Gasteiger partial charge is 0.332 e. The van der Waals surface area contributed by atoms with Crippen LogP contribution < -0.4 is 0 Å². The van der Waals surface area contributed by atoms with Gasteiger partial charge in [0.2, 0.25) is 0 Å². The van der Waals surface area contributed by atoms with Gasteiger partial charge in [0.05, 0.1) is 11.6 Å². The Kier molecular flexibility index (Phi) is 4.48. The third kappa shape index (κ3) is 3.34. The molecule has 2 aromatic rings. The molecule has 0 radical (unpaired) electrons. The lowest BCUT2D eigenvalue weighted by Crippen LogP contribution is -2.40. The topological polar surface area (TPSA) is 50.3 Å². The van der Waals surface area contributed by atoms with Crippen LogP contribution in [0.5, 0.6) is 0 Å². The number of ketones is 1. The third-order valence-corrected chi connectivity index (χ3v) is 3.53. The standard InChI is InChI=1S/C17H18N2O2/c1-12-6-8-14(9-7-12)16(20)13(2)19(3)17(21)15-5-4-10-18-11-15/h4-11,13H,1-3H3. The number of hydrogen-bond acceptors (Lipinski definition) is 3. The van der Waals surface area contributed by atoms with E-state index < -0.39 is 6.04 Å². The second-order valence-electron chi connectivity index (χ2n) is 5.06. The first kappa shape index (κ1) is 14.9. The third-order valence-electron chi connectivity index (χ3n) is 3.53. The van der Waals surface area contributed by atoms with E-state index in [1.807, 2.05) is 19.1 Å². The molecule has 108 valence electrons. The Labute approximate surface area is 124 Å². The maximum absolute atomic E-state index is 12.4. The maximum Gasteiger partial charge on any atom is 0.255 e. The quantitative estimate of drug-likeness (QED) is 0.810. The zero-order valence-electron chi connectivity index (χ0n) is 12.4. The van der Waals surface area contributed by atoms with E-state index in [9.17, 15) is 9.59 Å². The highest BCUT2D eigenvalue weighted by Gasteiger charge is 2.24. The number of carbonyl (C=O) groups is 2. The fourth-order valence-corrected chi connectivity index (χ4v) is 2.00. The van der Waals surface area contributed by atoms with Crippen LogP contribution in [0.2, 0.25) is 0 Å². The molecule has 21 heavy (non-hydrogen) atoms. The van der Waals surface area contributed by atoms with Gasteiger partial charge in [-0.25, -0.2) is 0 Å². The van der Waals surface area contributed by atoms with Crippen molar-refractivity contribution in [3.63, 3.8) is 0 Å². The van der Waals surface area contributed by atoms with E-state index in [0.717, 1.165) is 5.56 Å². The van der Waals surface area contributed by atoms with Crippen molar-refractivity contribution in [1.82, 2.24) is 9.88 Å². The van der Waals surface area contributed by atoms with Crippen LogP contribution in [0.3, 0.4) is 0 Å². The predicted molar refractivity (Wildman–Crippen MR) is 81.3 cm³/mol. The van der Waals surface area contributed by atoms with Crippen LogP contribution in [0, 0.1) is 6.92 Å². The Morgan fingerprint density at radius 3 is 2.33 bits per heavy atom. The summed E-state index contributed by atoms with van der Waals surface area (Å²) in [4.78, 5) is 30.1. The Bertz CT molecular complexity index is 636. The summed E-state index contributed by atoms with van der Waals surface area (Å²) in [5.41, 5.74) is 2.18. The number of benzene rings is 1. The highest BCUT2D eigenvalue weighted by molar-refractivity contribution is 6.03. The molecule has 0 bridgehead atoms. The van der Waals surface area contributed by atoms with E-state index in [-0.39, 0.29) is 11.7 Å². The van der Waals surface area contributed by atoms with Crippen LogP contribution in [0.15, 0.2) is 48.8 Å². The van der Waals surface area contributed by atoms with E-state index in [1.165, 1.54) is 11.1 Å². The highest BCUT2D eigenvalue weighted by atomic mass is 16.2. The maximum atomic E-state index is 12.4. The second kappa shape index (κ2) is 6.31. The molecular weight excluding hydrogens is 264 g/mol. The second-order valence-corrected chi connectivity index (χ2v) is 5.06. The van der Waals surface area contributed by atoms with Crippen molar-refractivity contribution < 1.29 is 9.59 Å². The first-order valence-electron chi connectivity index (χ1n) is 6.79. The zero-order chi connectivity index (χ0) is 15.4. The Morgan fingerprint density at radius 2 is 1.76 bits per heavy atom. The normalized spacial score (nSPS) is 11.8. The number of aryl methyl sites for hydroxylation is 1. The number of hydrogen-bond donors (Lipinski definition) is 0. The van der Waals surface area contributed by atoms with Gasteiger partial charge in [-0.05, 0) is 26.0 Å². The van der Waals surface area contributed by atoms with Crippen molar-refractivity contribution in [2.45, 2.75) is 19.9 Å². The van der Waals surface area contributed by atoms with Crippen LogP contribution in [-0.2, 0) is 0 Å². The van der Waals surface area contributed by atoms with Crippen LogP contribution in [0.4, 0.5) is 0 Å². The molecule has 0 saturated heterocycles. The monoisotopic (exact) mass is 282 g/mol. The molecule has 1 amide bonds. The van der Waals surface area contributed by atoms with Gasteiger partial charge >= 0.3 is 0 Å². The van der Waals surface area contributed by atoms with Crippen molar-refractivity contribution in [2.24, 2.45) is 0 Å². The molecule has 0 saturated carbocycles. The van der Waals surface area contributed by atoms with Crippen LogP contribution in [0.1, 0.15) is 33.2 Å². The van der Waals surface area contributed by atoms with E-state index in [2.05, 4.69) is 4.98 Å². The molecule has 1 heterocycles. The molecule has 1 aromatic carbocycles. The van der Waals surface area contributed by atoms with Crippen molar-refractivity contribution in [3.8, 4) is 0 Å². The number of aromatic nitrogens is 1. The van der Waals surface area contributed by atoms with Crippen molar-refractivity contribution in [3.05, 3.63) is 65.5 Å². The summed E-state index contributed by atoms with van der Waals surface area (Å²) < 4.78 is 0. The Hall–Kier alpha value is -2.49. The molecule has 2 rings (SSSR count). The zero-order valence-corrected chi connectivity index (χ0v) is 12.4. The summed E-state index contributed by atoms with van der Waals surface area (Å²) in [5.74, 6) is -0.286.